The summed E-state index contributed by atoms with van der Waals surface area (Å²) >= 11 is 0. The van der Waals surface area contributed by atoms with Gasteiger partial charge in [0.25, 0.3) is 5.91 Å². The van der Waals surface area contributed by atoms with Crippen molar-refractivity contribution in [2.75, 3.05) is 11.2 Å². The number of nitrogen functional groups attached to an aromatic ring is 1. The number of carbonyl (C=O) groups is 1. The molecule has 0 saturated carbocycles. The molecule has 0 radical (unpaired) electrons. The molecule has 0 aliphatic carbocycles. The van der Waals surface area contributed by atoms with Gasteiger partial charge in [0.05, 0.1) is 5.69 Å². The molecule has 0 fully saturated rings. The SMILES string of the molecule is Cc1cc(C)n(-c2ncnc(NNC(=O)c3ccc(F)cc3)c2N)n1. The number of anilines is 2. The fourth-order valence-corrected chi connectivity index (χ4v) is 2.29. The van der Waals surface area contributed by atoms with E-state index in [1.165, 1.54) is 30.6 Å². The van der Waals surface area contributed by atoms with Crippen molar-refractivity contribution < 1.29 is 9.18 Å². The van der Waals surface area contributed by atoms with Gasteiger partial charge in [0.15, 0.2) is 11.6 Å². The van der Waals surface area contributed by atoms with Gasteiger partial charge in [0, 0.05) is 11.3 Å². The Morgan fingerprint density at radius 1 is 1.20 bits per heavy atom. The molecule has 128 valence electrons. The van der Waals surface area contributed by atoms with E-state index in [4.69, 9.17) is 5.73 Å². The number of amides is 1. The first-order valence-electron chi connectivity index (χ1n) is 7.41. The van der Waals surface area contributed by atoms with E-state index in [9.17, 15) is 9.18 Å². The van der Waals surface area contributed by atoms with Crippen LogP contribution in [0.25, 0.3) is 5.82 Å². The highest BCUT2D eigenvalue weighted by Gasteiger charge is 2.14. The molecule has 1 aromatic carbocycles. The lowest BCUT2D eigenvalue weighted by molar-refractivity contribution is 0.0962. The number of nitrogens with zero attached hydrogens (tertiary/aromatic N) is 4. The second kappa shape index (κ2) is 6.56. The summed E-state index contributed by atoms with van der Waals surface area (Å²) in [6.45, 7) is 3.74. The Labute approximate surface area is 142 Å². The first-order chi connectivity index (χ1) is 12.0. The van der Waals surface area contributed by atoms with E-state index in [1.807, 2.05) is 19.9 Å². The Balaban J connectivity index is 1.79. The molecule has 25 heavy (non-hydrogen) atoms. The number of nitrogens with two attached hydrogens (primary N) is 1. The minimum Gasteiger partial charge on any atom is -0.393 e. The third-order valence-corrected chi connectivity index (χ3v) is 3.47. The molecule has 0 aliphatic rings. The number of nitrogens with one attached hydrogen (secondary N) is 2. The molecule has 0 atom stereocenters. The molecule has 0 unspecified atom stereocenters. The Morgan fingerprint density at radius 2 is 1.92 bits per heavy atom. The molecule has 1 amide bonds. The standard InChI is InChI=1S/C16H16FN7O/c1-9-7-10(2)24(23-9)15-13(18)14(19-8-20-15)21-22-16(25)11-3-5-12(17)6-4-11/h3-8H,18H2,1-2H3,(H,22,25)(H,19,20,21). The molecule has 2 aromatic heterocycles. The van der Waals surface area contributed by atoms with Crippen molar-refractivity contribution in [3.63, 3.8) is 0 Å². The van der Waals surface area contributed by atoms with Crippen molar-refractivity contribution in [2.24, 2.45) is 0 Å². The van der Waals surface area contributed by atoms with Crippen molar-refractivity contribution >= 4 is 17.4 Å². The van der Waals surface area contributed by atoms with E-state index in [-0.39, 0.29) is 11.5 Å². The van der Waals surface area contributed by atoms with Crippen LogP contribution in [0.3, 0.4) is 0 Å². The second-order valence-electron chi connectivity index (χ2n) is 5.38. The van der Waals surface area contributed by atoms with Gasteiger partial charge in [0.2, 0.25) is 0 Å². The third-order valence-electron chi connectivity index (χ3n) is 3.47. The monoisotopic (exact) mass is 341 g/mol. The van der Waals surface area contributed by atoms with Crippen molar-refractivity contribution in [3.05, 3.63) is 59.4 Å². The molecular formula is C16H16FN7O. The lowest BCUT2D eigenvalue weighted by atomic mass is 10.2. The zero-order valence-electron chi connectivity index (χ0n) is 13.6. The largest absolute Gasteiger partial charge is 0.393 e. The Kier molecular flexibility index (Phi) is 4.29. The smallest absolute Gasteiger partial charge is 0.269 e. The highest BCUT2D eigenvalue weighted by Crippen LogP contribution is 2.22. The summed E-state index contributed by atoms with van der Waals surface area (Å²) in [7, 11) is 0. The van der Waals surface area contributed by atoms with E-state index >= 15 is 0 Å². The van der Waals surface area contributed by atoms with Crippen LogP contribution in [-0.2, 0) is 0 Å². The quantitative estimate of drug-likeness (QED) is 0.624. The first-order valence-corrected chi connectivity index (χ1v) is 7.41. The Bertz CT molecular complexity index is 921. The summed E-state index contributed by atoms with van der Waals surface area (Å²) in [6.07, 6.45) is 1.31. The van der Waals surface area contributed by atoms with E-state index < -0.39 is 11.7 Å². The summed E-state index contributed by atoms with van der Waals surface area (Å²) < 4.78 is 14.5. The maximum Gasteiger partial charge on any atom is 0.269 e. The van der Waals surface area contributed by atoms with Crippen LogP contribution in [0.5, 0.6) is 0 Å². The summed E-state index contributed by atoms with van der Waals surface area (Å²) in [5, 5.41) is 4.33. The van der Waals surface area contributed by atoms with Gasteiger partial charge >= 0.3 is 0 Å². The number of hydrazine groups is 1. The summed E-state index contributed by atoms with van der Waals surface area (Å²) in [6, 6.07) is 7.04. The molecule has 0 saturated heterocycles. The fourth-order valence-electron chi connectivity index (χ4n) is 2.29. The highest BCUT2D eigenvalue weighted by atomic mass is 19.1. The topological polar surface area (TPSA) is 111 Å². The predicted octanol–water partition coefficient (Wildman–Crippen LogP) is 1.76. The van der Waals surface area contributed by atoms with E-state index in [1.54, 1.807) is 4.68 Å². The van der Waals surface area contributed by atoms with Gasteiger partial charge in [-0.1, -0.05) is 0 Å². The predicted molar refractivity (Wildman–Crippen MR) is 90.5 cm³/mol. The lowest BCUT2D eigenvalue weighted by Crippen LogP contribution is -2.30. The van der Waals surface area contributed by atoms with Crippen LogP contribution in [0.15, 0.2) is 36.7 Å². The molecule has 0 aliphatic heterocycles. The molecule has 2 heterocycles. The van der Waals surface area contributed by atoms with Crippen molar-refractivity contribution in [1.82, 2.24) is 25.2 Å². The zero-order valence-corrected chi connectivity index (χ0v) is 13.6. The van der Waals surface area contributed by atoms with Crippen molar-refractivity contribution in [3.8, 4) is 5.82 Å². The number of aromatic nitrogens is 4. The van der Waals surface area contributed by atoms with Gasteiger partial charge in [-0.3, -0.25) is 15.6 Å². The first kappa shape index (κ1) is 16.4. The number of hydrogen-bond donors (Lipinski definition) is 3. The molecule has 4 N–H and O–H groups in total. The van der Waals surface area contributed by atoms with Gasteiger partial charge in [-0.05, 0) is 44.2 Å². The number of halogens is 1. The highest BCUT2D eigenvalue weighted by molar-refractivity contribution is 5.95. The minimum atomic E-state index is -0.453. The number of hydrogen-bond acceptors (Lipinski definition) is 6. The molecule has 8 nitrogen and oxygen atoms in total. The van der Waals surface area contributed by atoms with Gasteiger partial charge in [-0.15, -0.1) is 0 Å². The summed E-state index contributed by atoms with van der Waals surface area (Å²) in [5.74, 6) is -0.239. The van der Waals surface area contributed by atoms with Crippen molar-refractivity contribution in [1.29, 1.82) is 0 Å². The van der Waals surface area contributed by atoms with Gasteiger partial charge in [-0.25, -0.2) is 19.0 Å². The zero-order chi connectivity index (χ0) is 18.0. The molecule has 9 heteroatoms. The maximum absolute atomic E-state index is 12.9. The van der Waals surface area contributed by atoms with Gasteiger partial charge in [0.1, 0.15) is 17.8 Å². The van der Waals surface area contributed by atoms with E-state index in [0.717, 1.165) is 11.4 Å². The van der Waals surface area contributed by atoms with Crippen LogP contribution >= 0.6 is 0 Å². The van der Waals surface area contributed by atoms with Crippen LogP contribution in [0, 0.1) is 19.7 Å². The van der Waals surface area contributed by atoms with E-state index in [2.05, 4.69) is 25.9 Å². The van der Waals surface area contributed by atoms with Gasteiger partial charge in [-0.2, -0.15) is 5.10 Å². The lowest BCUT2D eigenvalue weighted by Gasteiger charge is -2.12. The fraction of sp³-hybridized carbons (Fsp3) is 0.125. The Hall–Kier alpha value is -3.49. The van der Waals surface area contributed by atoms with Crippen LogP contribution in [0.4, 0.5) is 15.9 Å². The number of carbonyl (C=O) groups excluding carboxylic acids is 1. The number of aryl methyl sites for hydroxylation is 2. The van der Waals surface area contributed by atoms with Crippen LogP contribution < -0.4 is 16.6 Å². The summed E-state index contributed by atoms with van der Waals surface area (Å²) in [4.78, 5) is 20.2. The third kappa shape index (κ3) is 3.39. The number of benzene rings is 1. The van der Waals surface area contributed by atoms with Crippen LogP contribution in [-0.4, -0.2) is 25.7 Å². The number of rotatable bonds is 4. The van der Waals surface area contributed by atoms with Crippen LogP contribution in [0.1, 0.15) is 21.7 Å². The van der Waals surface area contributed by atoms with Crippen molar-refractivity contribution in [2.45, 2.75) is 13.8 Å². The Morgan fingerprint density at radius 3 is 2.56 bits per heavy atom. The molecule has 3 aromatic rings. The van der Waals surface area contributed by atoms with E-state index in [0.29, 0.717) is 11.4 Å². The molecule has 3 rings (SSSR count). The minimum absolute atomic E-state index is 0.230. The van der Waals surface area contributed by atoms with Gasteiger partial charge < -0.3 is 5.73 Å². The van der Waals surface area contributed by atoms with Crippen LogP contribution in [0.2, 0.25) is 0 Å². The second-order valence-corrected chi connectivity index (χ2v) is 5.38. The molecule has 0 bridgehead atoms. The normalized spacial score (nSPS) is 10.5. The average Bonchev–Trinajstić information content (AvgIpc) is 2.92. The summed E-state index contributed by atoms with van der Waals surface area (Å²) in [5.41, 5.74) is 13.4. The molecular weight excluding hydrogens is 325 g/mol. The molecule has 0 spiro atoms. The maximum atomic E-state index is 12.9. The average molecular weight is 341 g/mol.